The van der Waals surface area contributed by atoms with Crippen molar-refractivity contribution in [2.24, 2.45) is 11.8 Å². The van der Waals surface area contributed by atoms with E-state index >= 15 is 0 Å². The lowest BCUT2D eigenvalue weighted by Gasteiger charge is -2.13. The van der Waals surface area contributed by atoms with E-state index in [4.69, 9.17) is 9.47 Å². The molecule has 3 nitrogen and oxygen atoms in total. The molecule has 54 valence electrons. The molecule has 4 atom stereocenters. The summed E-state index contributed by atoms with van der Waals surface area (Å²) >= 11 is 0. The van der Waals surface area contributed by atoms with Crippen LogP contribution in [0.25, 0.3) is 0 Å². The summed E-state index contributed by atoms with van der Waals surface area (Å²) in [4.78, 5) is 11.0. The van der Waals surface area contributed by atoms with Gasteiger partial charge in [-0.3, -0.25) is 4.79 Å². The molecule has 2 saturated heterocycles. The average molecular weight is 140 g/mol. The summed E-state index contributed by atoms with van der Waals surface area (Å²) in [5, 5.41) is 0. The van der Waals surface area contributed by atoms with Crippen molar-refractivity contribution in [2.75, 3.05) is 0 Å². The lowest BCUT2D eigenvalue weighted by molar-refractivity contribution is -0.160. The third kappa shape index (κ3) is 0.408. The molecule has 3 aliphatic rings. The van der Waals surface area contributed by atoms with Gasteiger partial charge in [-0.15, -0.1) is 0 Å². The van der Waals surface area contributed by atoms with Crippen molar-refractivity contribution in [3.05, 3.63) is 0 Å². The summed E-state index contributed by atoms with van der Waals surface area (Å²) in [6.07, 6.45) is 2.10. The Balaban J connectivity index is 2.05. The highest BCUT2D eigenvalue weighted by Gasteiger charge is 2.57. The first-order chi connectivity index (χ1) is 4.84. The Bertz CT molecular complexity index is 199. The molecular formula is C7H8O3. The number of carbonyl (C=O) groups excluding carboxylic acids is 1. The van der Waals surface area contributed by atoms with Gasteiger partial charge in [-0.05, 0) is 12.8 Å². The maximum Gasteiger partial charge on any atom is 0.311 e. The Morgan fingerprint density at radius 1 is 1.40 bits per heavy atom. The van der Waals surface area contributed by atoms with Crippen LogP contribution >= 0.6 is 0 Å². The van der Waals surface area contributed by atoms with Crippen molar-refractivity contribution in [2.45, 2.75) is 25.2 Å². The van der Waals surface area contributed by atoms with Crippen LogP contribution in [0.2, 0.25) is 0 Å². The van der Waals surface area contributed by atoms with E-state index in [0.29, 0.717) is 12.0 Å². The first-order valence-electron chi connectivity index (χ1n) is 3.70. The van der Waals surface area contributed by atoms with Crippen LogP contribution in [0.1, 0.15) is 12.8 Å². The number of carbonyl (C=O) groups is 1. The van der Waals surface area contributed by atoms with Gasteiger partial charge in [0.25, 0.3) is 0 Å². The van der Waals surface area contributed by atoms with E-state index in [1.165, 1.54) is 0 Å². The first kappa shape index (κ1) is 5.13. The molecule has 3 heteroatoms. The third-order valence-electron chi connectivity index (χ3n) is 2.78. The van der Waals surface area contributed by atoms with Gasteiger partial charge < -0.3 is 9.47 Å². The number of esters is 1. The fraction of sp³-hybridized carbons (Fsp3) is 0.857. The quantitative estimate of drug-likeness (QED) is 0.454. The Kier molecular flexibility index (Phi) is 0.703. The maximum absolute atomic E-state index is 11.0. The first-order valence-corrected chi connectivity index (χ1v) is 3.70. The number of hydrogen-bond donors (Lipinski definition) is 0. The zero-order valence-corrected chi connectivity index (χ0v) is 5.45. The van der Waals surface area contributed by atoms with Crippen LogP contribution in [0.3, 0.4) is 0 Å². The van der Waals surface area contributed by atoms with Gasteiger partial charge in [0.15, 0.2) is 0 Å². The summed E-state index contributed by atoms with van der Waals surface area (Å²) in [7, 11) is 0. The summed E-state index contributed by atoms with van der Waals surface area (Å²) < 4.78 is 10.4. The van der Waals surface area contributed by atoms with Crippen molar-refractivity contribution in [1.82, 2.24) is 0 Å². The molecule has 2 aliphatic heterocycles. The zero-order valence-electron chi connectivity index (χ0n) is 5.45. The maximum atomic E-state index is 11.0. The molecule has 1 saturated carbocycles. The van der Waals surface area contributed by atoms with Gasteiger partial charge >= 0.3 is 5.97 Å². The third-order valence-corrected chi connectivity index (χ3v) is 2.78. The molecule has 1 aliphatic carbocycles. The average Bonchev–Trinajstić information content (AvgIpc) is 2.44. The predicted molar refractivity (Wildman–Crippen MR) is 31.0 cm³/mol. The highest BCUT2D eigenvalue weighted by atomic mass is 16.7. The fourth-order valence-corrected chi connectivity index (χ4v) is 2.31. The van der Waals surface area contributed by atoms with E-state index < -0.39 is 0 Å². The molecular weight excluding hydrogens is 132 g/mol. The molecule has 10 heavy (non-hydrogen) atoms. The predicted octanol–water partition coefficient (Wildman–Crippen LogP) is 0.294. The molecule has 2 heterocycles. The van der Waals surface area contributed by atoms with E-state index in [-0.39, 0.29) is 18.2 Å². The molecule has 0 amide bonds. The molecule has 0 N–H and O–H groups in total. The van der Waals surface area contributed by atoms with Crippen molar-refractivity contribution in [3.63, 3.8) is 0 Å². The largest absolute Gasteiger partial charge is 0.435 e. The van der Waals surface area contributed by atoms with E-state index in [2.05, 4.69) is 0 Å². The minimum Gasteiger partial charge on any atom is -0.435 e. The lowest BCUT2D eigenvalue weighted by atomic mass is 9.99. The van der Waals surface area contributed by atoms with Gasteiger partial charge in [-0.1, -0.05) is 0 Å². The molecule has 3 fully saturated rings. The van der Waals surface area contributed by atoms with Gasteiger partial charge in [-0.2, -0.15) is 0 Å². The molecule has 2 bridgehead atoms. The molecule has 0 aromatic heterocycles. The van der Waals surface area contributed by atoms with Crippen molar-refractivity contribution in [3.8, 4) is 0 Å². The smallest absolute Gasteiger partial charge is 0.311 e. The monoisotopic (exact) mass is 140 g/mol. The minimum atomic E-state index is -0.170. The van der Waals surface area contributed by atoms with Crippen LogP contribution in [-0.2, 0) is 14.3 Å². The van der Waals surface area contributed by atoms with Crippen molar-refractivity contribution < 1.29 is 14.3 Å². The molecule has 0 aromatic carbocycles. The van der Waals surface area contributed by atoms with Gasteiger partial charge in [0.05, 0.1) is 12.0 Å². The zero-order chi connectivity index (χ0) is 6.72. The van der Waals surface area contributed by atoms with Crippen LogP contribution in [-0.4, -0.2) is 18.4 Å². The van der Waals surface area contributed by atoms with Crippen LogP contribution in [0.15, 0.2) is 0 Å². The van der Waals surface area contributed by atoms with Gasteiger partial charge in [0.2, 0.25) is 6.29 Å². The molecule has 0 spiro atoms. The summed E-state index contributed by atoms with van der Waals surface area (Å²) in [6, 6.07) is 0. The van der Waals surface area contributed by atoms with Crippen LogP contribution in [0, 0.1) is 11.8 Å². The van der Waals surface area contributed by atoms with Crippen LogP contribution in [0.5, 0.6) is 0 Å². The number of fused-ring (bicyclic) bond motifs is 1. The topological polar surface area (TPSA) is 35.5 Å². The summed E-state index contributed by atoms with van der Waals surface area (Å²) in [6.45, 7) is 0. The molecule has 0 aromatic rings. The van der Waals surface area contributed by atoms with Crippen LogP contribution < -0.4 is 0 Å². The Hall–Kier alpha value is -0.570. The van der Waals surface area contributed by atoms with Crippen LogP contribution in [0.4, 0.5) is 0 Å². The second-order valence-corrected chi connectivity index (χ2v) is 3.31. The van der Waals surface area contributed by atoms with E-state index in [9.17, 15) is 4.79 Å². The highest BCUT2D eigenvalue weighted by Crippen LogP contribution is 2.49. The standard InChI is InChI=1S/C7H8O3/c8-6-4-1-3-2-5(4)7(9-3)10-6/h3-5,7H,1-2H2. The van der Waals surface area contributed by atoms with Crippen molar-refractivity contribution >= 4 is 5.97 Å². The van der Waals surface area contributed by atoms with E-state index in [0.717, 1.165) is 12.8 Å². The number of rotatable bonds is 0. The second kappa shape index (κ2) is 1.37. The summed E-state index contributed by atoms with van der Waals surface area (Å²) in [5.74, 6) is 0.552. The summed E-state index contributed by atoms with van der Waals surface area (Å²) in [5.41, 5.74) is 0. The van der Waals surface area contributed by atoms with Gasteiger partial charge in [-0.25, -0.2) is 0 Å². The van der Waals surface area contributed by atoms with Gasteiger partial charge in [0, 0.05) is 5.92 Å². The Morgan fingerprint density at radius 2 is 2.30 bits per heavy atom. The van der Waals surface area contributed by atoms with Crippen molar-refractivity contribution in [1.29, 1.82) is 0 Å². The fourth-order valence-electron chi connectivity index (χ4n) is 2.31. The van der Waals surface area contributed by atoms with Gasteiger partial charge in [0.1, 0.15) is 0 Å². The molecule has 4 unspecified atom stereocenters. The number of hydrogen-bond acceptors (Lipinski definition) is 3. The molecule has 0 radical (unpaired) electrons. The van der Waals surface area contributed by atoms with E-state index in [1.54, 1.807) is 0 Å². The lowest BCUT2D eigenvalue weighted by Crippen LogP contribution is -2.19. The Morgan fingerprint density at radius 3 is 2.90 bits per heavy atom. The van der Waals surface area contributed by atoms with E-state index in [1.807, 2.05) is 0 Å². The minimum absolute atomic E-state index is 0.0324. The molecule has 3 rings (SSSR count). The second-order valence-electron chi connectivity index (χ2n) is 3.31. The SMILES string of the molecule is O=C1OC2OC3CC1C2C3. The highest BCUT2D eigenvalue weighted by molar-refractivity contribution is 5.76. The Labute approximate surface area is 58.3 Å². The number of ether oxygens (including phenoxy) is 2. The normalized spacial score (nSPS) is 55.8.